The van der Waals surface area contributed by atoms with Crippen LogP contribution in [0.4, 0.5) is 16.9 Å². The second kappa shape index (κ2) is 79.3. The molecule has 6 aromatic heterocycles. The van der Waals surface area contributed by atoms with Gasteiger partial charge in [-0.1, -0.05) is 196 Å². The minimum absolute atomic E-state index is 0. The second-order valence-electron chi connectivity index (χ2n) is 15.4. The van der Waals surface area contributed by atoms with Gasteiger partial charge in [-0.25, -0.2) is 34.9 Å². The van der Waals surface area contributed by atoms with Gasteiger partial charge in [0.15, 0.2) is 9.60 Å². The van der Waals surface area contributed by atoms with Gasteiger partial charge in [-0.15, -0.1) is 37.5 Å². The number of aromatic nitrogens is 7. The molecule has 5 N–H and O–H groups in total. The standard InChI is InChI=1S/C12H12N3S.C10H12N3.C9H11N4.C7H4ClNS.2C5H4ClN.C5H9N2.4C2H6.7CH4.4Rb/c1-2-6-11-10(5-1)14-12(16-11)13-9-15-7-3-4-8-15;1-2-6-11-10(5-1)12-9-13-7-3-4-8-13;1-2-7-13(6-1)8-12-9-10-4-3-5-11-9;8-7-9-5-3-1-2-4-6(5)10-7;2*6-5-3-1-2-4-7-5;6-5-7-3-1-2-4-7;4*1-2;;;;;;;;;;;/h1-3,5-6H,7-9H2,(H,13,14);1-3,5-6H,7-9H2,(H,11,12);1,3-5H,6-8H2,(H,10,11,12);1-4H;2*1-4H;1H,3-6H2;4*1-2H3;7*1H4;;;;/q3*-1;;;;-1;;;;;;;;;;;;4*+1. The molecule has 4 aliphatic heterocycles. The maximum absolute atomic E-state index is 5.69. The topological polar surface area (TPSA) is 165 Å². The Morgan fingerprint density at radius 2 is 0.772 bits per heavy atom. The first kappa shape index (κ1) is 114. The van der Waals surface area contributed by atoms with Crippen LogP contribution in [0.3, 0.4) is 0 Å². The van der Waals surface area contributed by atoms with Gasteiger partial charge in [-0.2, -0.15) is 0 Å². The predicted octanol–water partition coefficient (Wildman–Crippen LogP) is 6.56. The third kappa shape index (κ3) is 54.8. The first-order chi connectivity index (χ1) is 39.9. The van der Waals surface area contributed by atoms with E-state index in [1.165, 1.54) is 16.0 Å². The van der Waals surface area contributed by atoms with E-state index in [0.717, 1.165) is 99.0 Å². The van der Waals surface area contributed by atoms with Gasteiger partial charge in [0.25, 0.3) is 0 Å². The first-order valence-corrected chi connectivity index (χ1v) is 29.9. The van der Waals surface area contributed by atoms with Crippen LogP contribution in [-0.2, 0) is 0 Å². The average molecular weight is 1650 g/mol. The molecule has 24 heteroatoms. The Balaban J connectivity index is -0.000000104. The third-order valence-electron chi connectivity index (χ3n) is 9.94. The van der Waals surface area contributed by atoms with Crippen molar-refractivity contribution in [2.45, 2.75) is 107 Å². The van der Waals surface area contributed by atoms with Crippen molar-refractivity contribution >= 4 is 94.8 Å². The molecule has 15 nitrogen and oxygen atoms in total. The number of pyridine rings is 3. The zero-order valence-electron chi connectivity index (χ0n) is 52.0. The average Bonchev–Trinajstić information content (AvgIpc) is 1.90. The van der Waals surface area contributed by atoms with Crippen molar-refractivity contribution in [2.75, 3.05) is 95.0 Å². The van der Waals surface area contributed by atoms with Crippen LogP contribution < -0.4 is 254 Å². The van der Waals surface area contributed by atoms with E-state index in [1.807, 2.05) is 152 Å². The van der Waals surface area contributed by atoms with Crippen LogP contribution in [0.1, 0.15) is 107 Å². The summed E-state index contributed by atoms with van der Waals surface area (Å²) in [5.74, 6) is 1.60. The number of hydrogen-bond donors (Lipinski definition) is 4. The van der Waals surface area contributed by atoms with Gasteiger partial charge in [0.2, 0.25) is 5.95 Å². The van der Waals surface area contributed by atoms with Crippen LogP contribution in [0, 0.1) is 24.3 Å². The Morgan fingerprint density at radius 1 is 0.413 bits per heavy atom. The number of nitrogens with two attached hydrogens (primary N) is 1. The fourth-order valence-electron chi connectivity index (χ4n) is 6.20. The van der Waals surface area contributed by atoms with Crippen molar-refractivity contribution < 1.29 is 233 Å². The van der Waals surface area contributed by atoms with Crippen LogP contribution in [0.5, 0.6) is 0 Å². The van der Waals surface area contributed by atoms with Gasteiger partial charge in [-0.3, -0.25) is 24.3 Å². The summed E-state index contributed by atoms with van der Waals surface area (Å²) in [6.45, 7) is 26.6. The van der Waals surface area contributed by atoms with E-state index < -0.39 is 0 Å². The number of halogens is 3. The molecule has 492 valence electrons. The Labute approximate surface area is 778 Å². The normalized spacial score (nSPS) is 11.7. The molecule has 92 heavy (non-hydrogen) atoms. The molecule has 0 spiro atoms. The zero-order chi connectivity index (χ0) is 59.0. The number of anilines is 3. The monoisotopic (exact) mass is 1640 g/mol. The van der Waals surface area contributed by atoms with E-state index in [2.05, 4.69) is 113 Å². The van der Waals surface area contributed by atoms with Crippen molar-refractivity contribution in [1.29, 1.82) is 0 Å². The van der Waals surface area contributed by atoms with E-state index >= 15 is 0 Å². The van der Waals surface area contributed by atoms with Crippen molar-refractivity contribution in [2.24, 2.45) is 5.73 Å². The fraction of sp³-hybridized carbons (Fsp3) is 0.397. The van der Waals surface area contributed by atoms with Crippen LogP contribution in [0.15, 0.2) is 164 Å². The van der Waals surface area contributed by atoms with Gasteiger partial charge < -0.3 is 65.6 Å². The summed E-state index contributed by atoms with van der Waals surface area (Å²) in [4.78, 5) is 37.2. The molecule has 0 radical (unpaired) electrons. The summed E-state index contributed by atoms with van der Waals surface area (Å²) in [5.41, 5.74) is 7.35. The maximum Gasteiger partial charge on any atom is 1.00 e. The van der Waals surface area contributed by atoms with Crippen LogP contribution >= 0.6 is 57.5 Å². The van der Waals surface area contributed by atoms with Crippen LogP contribution in [0.2, 0.25) is 14.8 Å². The molecule has 2 aromatic carbocycles. The van der Waals surface area contributed by atoms with E-state index in [9.17, 15) is 0 Å². The number of nitrogens with zero attached hydrogens (tertiary/aromatic N) is 11. The summed E-state index contributed by atoms with van der Waals surface area (Å²) in [6, 6.07) is 34.6. The van der Waals surface area contributed by atoms with Crippen LogP contribution in [-0.4, -0.2) is 134 Å². The van der Waals surface area contributed by atoms with Crippen molar-refractivity contribution in [3.63, 3.8) is 0 Å². The van der Waals surface area contributed by atoms with Crippen LogP contribution in [0.25, 0.3) is 20.4 Å². The molecule has 12 rings (SSSR count). The number of nitrogens with one attached hydrogen (secondary N) is 3. The first-order valence-electron chi connectivity index (χ1n) is 27.1. The molecule has 10 heterocycles. The molecule has 0 aliphatic carbocycles. The quantitative estimate of drug-likeness (QED) is 0.0860. The second-order valence-corrected chi connectivity index (χ2v) is 18.8. The molecule has 4 aliphatic rings. The summed E-state index contributed by atoms with van der Waals surface area (Å²) in [7, 11) is 0. The number of benzene rings is 2. The van der Waals surface area contributed by atoms with Crippen molar-refractivity contribution in [3.05, 3.63) is 204 Å². The third-order valence-corrected chi connectivity index (χ3v) is 12.5. The Bertz CT molecular complexity index is 2670. The summed E-state index contributed by atoms with van der Waals surface area (Å²) in [5, 5.41) is 11.8. The van der Waals surface area contributed by atoms with Gasteiger partial charge in [-0.05, 0) is 92.9 Å². The van der Waals surface area contributed by atoms with E-state index in [-0.39, 0.29) is 285 Å². The Kier molecular flexibility index (Phi) is 98.5. The van der Waals surface area contributed by atoms with Gasteiger partial charge in [0.1, 0.15) is 16.1 Å². The van der Waals surface area contributed by atoms with Crippen molar-refractivity contribution in [3.8, 4) is 0 Å². The molecular weight excluding hydrogens is 1540 g/mol. The minimum Gasteiger partial charge on any atom is -0.485 e. The molecule has 0 saturated carbocycles. The molecule has 0 fully saturated rings. The van der Waals surface area contributed by atoms with Gasteiger partial charge >= 0.3 is 233 Å². The summed E-state index contributed by atoms with van der Waals surface area (Å²) < 4.78 is 2.99. The number of rotatable bonds is 10. The molecule has 0 saturated heterocycles. The number of thiazole rings is 2. The Morgan fingerprint density at radius 3 is 1.11 bits per heavy atom. The van der Waals surface area contributed by atoms with Gasteiger partial charge in [0, 0.05) is 37.7 Å². The smallest absolute Gasteiger partial charge is 0.485 e. The number of hydrogen-bond acceptors (Lipinski definition) is 17. The molecule has 0 atom stereocenters. The molecular formula is C68H108Cl3N15Rb4S2. The van der Waals surface area contributed by atoms with Gasteiger partial charge in [0.05, 0.1) is 40.4 Å². The van der Waals surface area contributed by atoms with Crippen molar-refractivity contribution in [1.82, 2.24) is 54.5 Å². The summed E-state index contributed by atoms with van der Waals surface area (Å²) in [6.07, 6.45) is 29.2. The molecule has 0 unspecified atom stereocenters. The fourth-order valence-corrected chi connectivity index (χ4v) is 8.34. The molecule has 8 aromatic rings. The largest absolute Gasteiger partial charge is 1.00 e. The zero-order valence-corrected chi connectivity index (χ0v) is 75.6. The molecule has 0 bridgehead atoms. The summed E-state index contributed by atoms with van der Waals surface area (Å²) >= 11 is 19.8. The molecule has 0 amide bonds. The maximum atomic E-state index is 5.69. The minimum atomic E-state index is 0. The number of para-hydroxylation sites is 2. The SMILES string of the molecule is C.C.C.C.C.C.C.CC.CC.CC.CC.Clc1ccccn1.Clc1ccccn1.Clc1nc2ccccc2s1.NCN1C[C-]=CC1.[C-]1=CCN(CNc2ccccn2)C1.[C-]1=CCN(CNc2nc3ccccc3s2)C1.[C-]1=CCN(CNc2ncccn2)C1.[Rb+].[Rb+].[Rb+].[Rb+]. The predicted molar refractivity (Wildman–Crippen MR) is 394 cm³/mol. The van der Waals surface area contributed by atoms with E-state index in [0.29, 0.717) is 27.4 Å². The number of fused-ring (bicyclic) bond motifs is 2. The van der Waals surface area contributed by atoms with E-state index in [4.69, 9.17) is 40.5 Å². The van der Waals surface area contributed by atoms with E-state index in [1.54, 1.807) is 60.5 Å². The Hall–Kier alpha value is 1.00.